The smallest absolute Gasteiger partial charge is 0.411 e. The van der Waals surface area contributed by atoms with Crippen LogP contribution in [0.15, 0.2) is 0 Å². The lowest BCUT2D eigenvalue weighted by molar-refractivity contribution is 0.150. The first-order valence-electron chi connectivity index (χ1n) is 4.62. The first-order valence-corrected chi connectivity index (χ1v) is 9.41. The van der Waals surface area contributed by atoms with E-state index in [1.54, 1.807) is 13.1 Å². The summed E-state index contributed by atoms with van der Waals surface area (Å²) < 4.78 is 15.8. The molecule has 0 aliphatic rings. The molecule has 0 aromatic heterocycles. The van der Waals surface area contributed by atoms with Crippen molar-refractivity contribution in [1.82, 2.24) is 0 Å². The molecule has 0 saturated heterocycles. The predicted octanol–water partition coefficient (Wildman–Crippen LogP) is 0.278. The molecule has 0 aromatic rings. The minimum atomic E-state index is -2.67. The van der Waals surface area contributed by atoms with E-state index in [9.17, 15) is 4.80 Å². The largest absolute Gasteiger partial charge is 0.488 e. The van der Waals surface area contributed by atoms with Crippen LogP contribution in [0.5, 0.6) is 0 Å². The van der Waals surface area contributed by atoms with Gasteiger partial charge < -0.3 is 23.5 Å². The molecule has 0 aliphatic heterocycles. The van der Waals surface area contributed by atoms with E-state index < -0.39 is 17.4 Å². The van der Waals surface area contributed by atoms with Crippen molar-refractivity contribution in [3.05, 3.63) is 0 Å². The fourth-order valence-electron chi connectivity index (χ4n) is 1.05. The Morgan fingerprint density at radius 1 is 1.21 bits per heavy atom. The van der Waals surface area contributed by atoms with E-state index in [0.29, 0.717) is 12.6 Å². The van der Waals surface area contributed by atoms with E-state index in [1.807, 2.05) is 0 Å². The maximum absolute atomic E-state index is 9.98. The summed E-state index contributed by atoms with van der Waals surface area (Å²) in [7, 11) is -2.22. The Balaban J connectivity index is 4.17. The fourth-order valence-corrected chi connectivity index (χ4v) is 6.34. The molecule has 1 unspecified atom stereocenters. The number of nitrogens with two attached hydrogens (primary N) is 1. The molecule has 0 bridgehead atoms. The summed E-state index contributed by atoms with van der Waals surface area (Å²) >= 11 is 0. The molecule has 3 N–H and O–H groups in total. The van der Waals surface area contributed by atoms with Gasteiger partial charge in [-0.1, -0.05) is 0 Å². The van der Waals surface area contributed by atoms with Crippen LogP contribution in [0.1, 0.15) is 6.42 Å². The van der Waals surface area contributed by atoms with Crippen LogP contribution in [0.4, 0.5) is 0 Å². The van der Waals surface area contributed by atoms with Gasteiger partial charge in [0.1, 0.15) is 0 Å². The van der Waals surface area contributed by atoms with Gasteiger partial charge in [-0.2, -0.15) is 0 Å². The molecule has 7 heteroatoms. The second kappa shape index (κ2) is 5.96. The number of hydrogen-bond acceptors (Lipinski definition) is 5. The molecule has 0 spiro atoms. The van der Waals surface area contributed by atoms with E-state index in [2.05, 4.69) is 0 Å². The van der Waals surface area contributed by atoms with Crippen LogP contribution in [-0.2, 0) is 13.0 Å². The zero-order chi connectivity index (χ0) is 11.2. The molecule has 0 saturated carbocycles. The van der Waals surface area contributed by atoms with Crippen molar-refractivity contribution < 1.29 is 17.8 Å². The van der Waals surface area contributed by atoms with Gasteiger partial charge in [0.15, 0.2) is 0 Å². The van der Waals surface area contributed by atoms with Crippen LogP contribution in [-0.4, -0.2) is 42.9 Å². The highest BCUT2D eigenvalue weighted by atomic mass is 28.5. The van der Waals surface area contributed by atoms with E-state index in [-0.39, 0.29) is 0 Å². The van der Waals surface area contributed by atoms with Gasteiger partial charge in [-0.15, -0.1) is 0 Å². The van der Waals surface area contributed by atoms with Gasteiger partial charge in [0.05, 0.1) is 0 Å². The molecule has 5 nitrogen and oxygen atoms in total. The lowest BCUT2D eigenvalue weighted by Gasteiger charge is -2.30. The third-order valence-electron chi connectivity index (χ3n) is 1.99. The fraction of sp³-hybridized carbons (Fsp3) is 1.00. The molecular formula is C7H21NO4Si2. The lowest BCUT2D eigenvalue weighted by Crippen LogP contribution is -2.51. The van der Waals surface area contributed by atoms with Crippen LogP contribution in [0.3, 0.4) is 0 Å². The molecule has 0 radical (unpaired) electrons. The summed E-state index contributed by atoms with van der Waals surface area (Å²) in [5.74, 6) is 0. The normalized spacial score (nSPS) is 16.7. The van der Waals surface area contributed by atoms with Gasteiger partial charge in [0.25, 0.3) is 0 Å². The van der Waals surface area contributed by atoms with Gasteiger partial charge >= 0.3 is 17.4 Å². The maximum atomic E-state index is 9.98. The van der Waals surface area contributed by atoms with Gasteiger partial charge in [-0.05, 0) is 25.6 Å². The summed E-state index contributed by atoms with van der Waals surface area (Å²) in [5, 5.41) is 0. The van der Waals surface area contributed by atoms with Crippen LogP contribution in [0.25, 0.3) is 0 Å². The van der Waals surface area contributed by atoms with Gasteiger partial charge in [0, 0.05) is 20.8 Å². The zero-order valence-corrected chi connectivity index (χ0v) is 11.4. The van der Waals surface area contributed by atoms with Gasteiger partial charge in [0.2, 0.25) is 0 Å². The Morgan fingerprint density at radius 2 is 1.71 bits per heavy atom. The minimum absolute atomic E-state index is 0.560. The Labute approximate surface area is 87.8 Å². The van der Waals surface area contributed by atoms with Crippen molar-refractivity contribution in [2.24, 2.45) is 5.73 Å². The summed E-state index contributed by atoms with van der Waals surface area (Å²) in [5.41, 5.74) is 5.37. The standard InChI is InChI=1S/C7H21NO4Si2/c1-10-14(4,11-2)12-13(3,9)7-5-6-8/h9H,5-8H2,1-4H3. The van der Waals surface area contributed by atoms with Crippen LogP contribution in [0.2, 0.25) is 19.1 Å². The monoisotopic (exact) mass is 239 g/mol. The molecule has 0 heterocycles. The van der Waals surface area contributed by atoms with E-state index in [0.717, 1.165) is 6.42 Å². The van der Waals surface area contributed by atoms with Crippen molar-refractivity contribution >= 4 is 17.4 Å². The van der Waals surface area contributed by atoms with Crippen LogP contribution in [0, 0.1) is 0 Å². The molecule has 0 fully saturated rings. The molecule has 0 aromatic carbocycles. The first-order chi connectivity index (χ1) is 6.39. The van der Waals surface area contributed by atoms with Gasteiger partial charge in [-0.3, -0.25) is 0 Å². The van der Waals surface area contributed by atoms with Crippen molar-refractivity contribution in [2.45, 2.75) is 25.6 Å². The highest BCUT2D eigenvalue weighted by Crippen LogP contribution is 2.17. The molecule has 86 valence electrons. The third-order valence-corrected chi connectivity index (χ3v) is 8.00. The minimum Gasteiger partial charge on any atom is -0.411 e. The molecule has 0 rings (SSSR count). The Bertz CT molecular complexity index is 164. The van der Waals surface area contributed by atoms with E-state index in [1.165, 1.54) is 14.2 Å². The second-order valence-corrected chi connectivity index (χ2v) is 9.65. The zero-order valence-electron chi connectivity index (χ0n) is 9.37. The molecule has 0 aliphatic carbocycles. The SMILES string of the molecule is CO[Si](C)(OC)O[Si](C)(O)CCCN. The molecule has 14 heavy (non-hydrogen) atoms. The summed E-state index contributed by atoms with van der Waals surface area (Å²) in [6, 6.07) is 0.610. The molecule has 0 amide bonds. The van der Waals surface area contributed by atoms with Crippen molar-refractivity contribution in [3.63, 3.8) is 0 Å². The number of rotatable bonds is 7. The highest BCUT2D eigenvalue weighted by Gasteiger charge is 2.41. The van der Waals surface area contributed by atoms with Crippen LogP contribution < -0.4 is 5.73 Å². The topological polar surface area (TPSA) is 73.9 Å². The Kier molecular flexibility index (Phi) is 6.06. The predicted molar refractivity (Wildman–Crippen MR) is 59.0 cm³/mol. The van der Waals surface area contributed by atoms with Crippen molar-refractivity contribution in [3.8, 4) is 0 Å². The van der Waals surface area contributed by atoms with Crippen LogP contribution >= 0.6 is 0 Å². The number of hydrogen-bond donors (Lipinski definition) is 2. The average molecular weight is 239 g/mol. The average Bonchev–Trinajstić information content (AvgIpc) is 2.14. The summed E-state index contributed by atoms with van der Waals surface area (Å²) in [6.07, 6.45) is 0.761. The van der Waals surface area contributed by atoms with Gasteiger partial charge in [-0.25, -0.2) is 0 Å². The van der Waals surface area contributed by atoms with Crippen molar-refractivity contribution in [1.29, 1.82) is 0 Å². The Hall–Kier alpha value is 0.234. The summed E-state index contributed by atoms with van der Waals surface area (Å²) in [6.45, 7) is 4.05. The van der Waals surface area contributed by atoms with E-state index >= 15 is 0 Å². The third kappa shape index (κ3) is 5.20. The lowest BCUT2D eigenvalue weighted by atomic mass is 10.5. The van der Waals surface area contributed by atoms with Crippen molar-refractivity contribution in [2.75, 3.05) is 20.8 Å². The Morgan fingerprint density at radius 3 is 2.07 bits per heavy atom. The quantitative estimate of drug-likeness (QED) is 0.624. The first kappa shape index (κ1) is 14.2. The maximum Gasteiger partial charge on any atom is 0.488 e. The second-order valence-electron chi connectivity index (χ2n) is 3.44. The summed E-state index contributed by atoms with van der Waals surface area (Å²) in [4.78, 5) is 9.98. The molecular weight excluding hydrogens is 218 g/mol. The van der Waals surface area contributed by atoms with E-state index in [4.69, 9.17) is 18.7 Å². The molecule has 1 atom stereocenters. The highest BCUT2D eigenvalue weighted by molar-refractivity contribution is 6.76.